The summed E-state index contributed by atoms with van der Waals surface area (Å²) in [6.07, 6.45) is 5.83. The number of hydrogen-bond donors (Lipinski definition) is 0. The zero-order valence-electron chi connectivity index (χ0n) is 13.9. The molecule has 0 aromatic heterocycles. The topological polar surface area (TPSA) is 31.0 Å². The fourth-order valence-corrected chi connectivity index (χ4v) is 2.77. The van der Waals surface area contributed by atoms with E-state index in [2.05, 4.69) is 20.8 Å². The van der Waals surface area contributed by atoms with E-state index in [1.54, 1.807) is 0 Å². The van der Waals surface area contributed by atoms with Crippen molar-refractivity contribution in [3.05, 3.63) is 22.7 Å². The lowest BCUT2D eigenvalue weighted by Crippen LogP contribution is -2.03. The second-order valence-electron chi connectivity index (χ2n) is 5.75. The van der Waals surface area contributed by atoms with Gasteiger partial charge in [-0.25, -0.2) is 0 Å². The number of benzene rings is 1. The molecule has 22 heavy (non-hydrogen) atoms. The fourth-order valence-electron chi connectivity index (χ4n) is 2.53. The number of hydrogen-bond acceptors (Lipinski definition) is 3. The number of ether oxygens (including phenoxy) is 3. The van der Waals surface area contributed by atoms with Crippen LogP contribution in [-0.2, 0) is 11.2 Å². The second-order valence-corrected chi connectivity index (χ2v) is 6.15. The van der Waals surface area contributed by atoms with Crippen molar-refractivity contribution in [2.75, 3.05) is 13.2 Å². The zero-order chi connectivity index (χ0) is 15.9. The highest BCUT2D eigenvalue weighted by atomic mass is 35.5. The van der Waals surface area contributed by atoms with Crippen LogP contribution in [0.3, 0.4) is 0 Å². The van der Waals surface area contributed by atoms with Gasteiger partial charge in [0, 0.05) is 6.07 Å². The first-order chi connectivity index (χ1) is 10.7. The third-order valence-corrected chi connectivity index (χ3v) is 4.12. The fraction of sp³-hybridized carbons (Fsp3) is 0.667. The SMILES string of the molecule is CCCOc1cc(OCCC)c(CCC2OC2CC)cc1Cl. The molecule has 0 N–H and O–H groups in total. The van der Waals surface area contributed by atoms with E-state index in [1.807, 2.05) is 12.1 Å². The first kappa shape index (κ1) is 17.4. The Balaban J connectivity index is 2.06. The molecule has 124 valence electrons. The van der Waals surface area contributed by atoms with E-state index in [9.17, 15) is 0 Å². The first-order valence-corrected chi connectivity index (χ1v) is 8.80. The second kappa shape index (κ2) is 8.64. The molecule has 4 heteroatoms. The van der Waals surface area contributed by atoms with E-state index >= 15 is 0 Å². The Hall–Kier alpha value is -0.930. The van der Waals surface area contributed by atoms with Crippen LogP contribution in [0.2, 0.25) is 5.02 Å². The molecule has 1 aliphatic rings. The van der Waals surface area contributed by atoms with Crippen molar-refractivity contribution in [3.8, 4) is 11.5 Å². The summed E-state index contributed by atoms with van der Waals surface area (Å²) in [6.45, 7) is 7.72. The van der Waals surface area contributed by atoms with Crippen LogP contribution in [0.25, 0.3) is 0 Å². The summed E-state index contributed by atoms with van der Waals surface area (Å²) >= 11 is 6.35. The highest BCUT2D eigenvalue weighted by molar-refractivity contribution is 6.32. The molecule has 1 aromatic carbocycles. The van der Waals surface area contributed by atoms with Crippen LogP contribution in [0.1, 0.15) is 52.0 Å². The minimum atomic E-state index is 0.402. The monoisotopic (exact) mass is 326 g/mol. The summed E-state index contributed by atoms with van der Waals surface area (Å²) in [6, 6.07) is 3.93. The summed E-state index contributed by atoms with van der Waals surface area (Å²) in [7, 11) is 0. The van der Waals surface area contributed by atoms with Gasteiger partial charge >= 0.3 is 0 Å². The predicted octanol–water partition coefficient (Wildman–Crippen LogP) is 5.03. The Kier molecular flexibility index (Phi) is 6.84. The minimum absolute atomic E-state index is 0.402. The van der Waals surface area contributed by atoms with E-state index in [0.29, 0.717) is 36.2 Å². The highest BCUT2D eigenvalue weighted by Gasteiger charge is 2.36. The van der Waals surface area contributed by atoms with Gasteiger partial charge in [0.1, 0.15) is 11.5 Å². The first-order valence-electron chi connectivity index (χ1n) is 8.43. The Morgan fingerprint density at radius 2 is 1.68 bits per heavy atom. The molecule has 0 bridgehead atoms. The molecule has 1 aliphatic heterocycles. The normalized spacial score (nSPS) is 20.0. The summed E-state index contributed by atoms with van der Waals surface area (Å²) in [5.41, 5.74) is 1.15. The Bertz CT molecular complexity index is 476. The van der Waals surface area contributed by atoms with Gasteiger partial charge in [-0.2, -0.15) is 0 Å². The third kappa shape index (κ3) is 4.79. The molecule has 2 atom stereocenters. The van der Waals surface area contributed by atoms with Crippen molar-refractivity contribution in [1.82, 2.24) is 0 Å². The molecule has 0 spiro atoms. The van der Waals surface area contributed by atoms with Gasteiger partial charge in [-0.3, -0.25) is 0 Å². The van der Waals surface area contributed by atoms with Crippen LogP contribution in [0.4, 0.5) is 0 Å². The number of epoxide rings is 1. The largest absolute Gasteiger partial charge is 0.493 e. The molecule has 1 heterocycles. The molecule has 0 amide bonds. The number of aryl methyl sites for hydroxylation is 1. The van der Waals surface area contributed by atoms with Crippen LogP contribution < -0.4 is 9.47 Å². The van der Waals surface area contributed by atoms with Crippen LogP contribution >= 0.6 is 11.6 Å². The summed E-state index contributed by atoms with van der Waals surface area (Å²) in [4.78, 5) is 0. The van der Waals surface area contributed by atoms with Crippen molar-refractivity contribution < 1.29 is 14.2 Å². The summed E-state index contributed by atoms with van der Waals surface area (Å²) in [5.74, 6) is 1.61. The van der Waals surface area contributed by atoms with E-state index < -0.39 is 0 Å². The maximum Gasteiger partial charge on any atom is 0.141 e. The number of halogens is 1. The lowest BCUT2D eigenvalue weighted by Gasteiger charge is -2.15. The van der Waals surface area contributed by atoms with Gasteiger partial charge in [0.2, 0.25) is 0 Å². The van der Waals surface area contributed by atoms with Crippen LogP contribution in [0.5, 0.6) is 11.5 Å². The molecule has 1 aromatic rings. The molecule has 2 unspecified atom stereocenters. The van der Waals surface area contributed by atoms with Crippen molar-refractivity contribution >= 4 is 11.6 Å². The molecule has 3 nitrogen and oxygen atoms in total. The Morgan fingerprint density at radius 1 is 1.00 bits per heavy atom. The van der Waals surface area contributed by atoms with Gasteiger partial charge in [-0.15, -0.1) is 0 Å². The van der Waals surface area contributed by atoms with Crippen LogP contribution in [0.15, 0.2) is 12.1 Å². The molecule has 2 rings (SSSR count). The standard InChI is InChI=1S/C18H27ClO3/c1-4-9-20-17-12-18(21-10-5-2)14(19)11-13(17)7-8-16-15(6-3)22-16/h11-12,15-16H,4-10H2,1-3H3. The molecular formula is C18H27ClO3. The third-order valence-electron chi connectivity index (χ3n) is 3.83. The lowest BCUT2D eigenvalue weighted by atomic mass is 10.0. The molecule has 0 radical (unpaired) electrons. The van der Waals surface area contributed by atoms with Crippen molar-refractivity contribution in [1.29, 1.82) is 0 Å². The Morgan fingerprint density at radius 3 is 2.27 bits per heavy atom. The Labute approximate surface area is 138 Å². The van der Waals surface area contributed by atoms with Gasteiger partial charge in [-0.1, -0.05) is 32.4 Å². The maximum atomic E-state index is 6.35. The van der Waals surface area contributed by atoms with E-state index in [0.717, 1.165) is 43.4 Å². The minimum Gasteiger partial charge on any atom is -0.493 e. The summed E-state index contributed by atoms with van der Waals surface area (Å²) in [5, 5.41) is 0.663. The lowest BCUT2D eigenvalue weighted by molar-refractivity contribution is 0.299. The molecule has 0 aliphatic carbocycles. The average Bonchev–Trinajstić information content (AvgIpc) is 3.29. The predicted molar refractivity (Wildman–Crippen MR) is 90.3 cm³/mol. The van der Waals surface area contributed by atoms with E-state index in [-0.39, 0.29) is 0 Å². The molecular weight excluding hydrogens is 300 g/mol. The molecule has 0 saturated carbocycles. The van der Waals surface area contributed by atoms with Crippen LogP contribution in [-0.4, -0.2) is 25.4 Å². The smallest absolute Gasteiger partial charge is 0.141 e. The highest BCUT2D eigenvalue weighted by Crippen LogP contribution is 2.36. The van der Waals surface area contributed by atoms with Gasteiger partial charge in [0.25, 0.3) is 0 Å². The van der Waals surface area contributed by atoms with E-state index in [4.69, 9.17) is 25.8 Å². The number of rotatable bonds is 10. The van der Waals surface area contributed by atoms with Gasteiger partial charge in [0.15, 0.2) is 0 Å². The van der Waals surface area contributed by atoms with Gasteiger partial charge in [-0.05, 0) is 43.7 Å². The van der Waals surface area contributed by atoms with Crippen molar-refractivity contribution in [3.63, 3.8) is 0 Å². The molecule has 1 saturated heterocycles. The van der Waals surface area contributed by atoms with Gasteiger partial charge < -0.3 is 14.2 Å². The van der Waals surface area contributed by atoms with Crippen LogP contribution in [0, 0.1) is 0 Å². The maximum absolute atomic E-state index is 6.35. The summed E-state index contributed by atoms with van der Waals surface area (Å²) < 4.78 is 17.2. The van der Waals surface area contributed by atoms with Gasteiger partial charge in [0.05, 0.1) is 30.4 Å². The van der Waals surface area contributed by atoms with Crippen molar-refractivity contribution in [2.24, 2.45) is 0 Å². The van der Waals surface area contributed by atoms with Crippen molar-refractivity contribution in [2.45, 2.75) is 65.1 Å². The van der Waals surface area contributed by atoms with E-state index in [1.165, 1.54) is 0 Å². The average molecular weight is 327 g/mol. The molecule has 1 fully saturated rings. The zero-order valence-corrected chi connectivity index (χ0v) is 14.6. The quantitative estimate of drug-likeness (QED) is 0.565.